The number of hydrogen-bond donors (Lipinski definition) is 2. The van der Waals surface area contributed by atoms with E-state index >= 15 is 0 Å². The van der Waals surface area contributed by atoms with Crippen molar-refractivity contribution in [3.63, 3.8) is 0 Å². The highest BCUT2D eigenvalue weighted by atomic mass is 35.5. The molecule has 1 amide bonds. The molecule has 0 heterocycles. The van der Waals surface area contributed by atoms with Gasteiger partial charge >= 0.3 is 0 Å². The van der Waals surface area contributed by atoms with E-state index in [-0.39, 0.29) is 24.4 Å². The van der Waals surface area contributed by atoms with Crippen LogP contribution in [0.25, 0.3) is 0 Å². The number of ether oxygens (including phenoxy) is 2. The number of benzene rings is 2. The Labute approximate surface area is 166 Å². The Balaban J connectivity index is 0.00000261. The molecule has 0 bridgehead atoms. The van der Waals surface area contributed by atoms with Crippen molar-refractivity contribution in [2.45, 2.75) is 45.3 Å². The molecule has 1 aliphatic carbocycles. The first-order valence-electron chi connectivity index (χ1n) is 9.04. The van der Waals surface area contributed by atoms with Crippen LogP contribution >= 0.6 is 12.4 Å². The second kappa shape index (κ2) is 9.51. The largest absolute Gasteiger partial charge is 0.497 e. The van der Waals surface area contributed by atoms with Crippen LogP contribution < -0.4 is 20.5 Å². The van der Waals surface area contributed by atoms with E-state index in [1.165, 1.54) is 12.8 Å². The fraction of sp³-hybridized carbons (Fsp3) is 0.381. The molecule has 5 nitrogen and oxygen atoms in total. The van der Waals surface area contributed by atoms with Crippen LogP contribution in [0.15, 0.2) is 36.4 Å². The molecule has 2 aromatic rings. The first kappa shape index (κ1) is 20.9. The lowest BCUT2D eigenvalue weighted by molar-refractivity contribution is 0.0950. The Morgan fingerprint density at radius 3 is 2.63 bits per heavy atom. The Hall–Kier alpha value is -2.40. The molecular weight excluding hydrogens is 364 g/mol. The van der Waals surface area contributed by atoms with E-state index in [9.17, 15) is 4.79 Å². The number of carbonyl (C=O) groups is 1. The van der Waals surface area contributed by atoms with Crippen LogP contribution in [-0.4, -0.2) is 19.1 Å². The molecule has 1 aliphatic rings. The summed E-state index contributed by atoms with van der Waals surface area (Å²) in [4.78, 5) is 12.5. The summed E-state index contributed by atoms with van der Waals surface area (Å²) in [5, 5.41) is 2.97. The summed E-state index contributed by atoms with van der Waals surface area (Å²) < 4.78 is 11.5. The SMILES string of the molecule is COc1ccc(CNC(=O)c2cc(N)ccc2C)c(OC2CCCC2)c1.Cl. The lowest BCUT2D eigenvalue weighted by atomic mass is 10.1. The monoisotopic (exact) mass is 390 g/mol. The van der Waals surface area contributed by atoms with Gasteiger partial charge in [0.25, 0.3) is 5.91 Å². The lowest BCUT2D eigenvalue weighted by Gasteiger charge is -2.18. The van der Waals surface area contributed by atoms with Gasteiger partial charge in [0, 0.05) is 29.4 Å². The van der Waals surface area contributed by atoms with Gasteiger partial charge in [-0.15, -0.1) is 12.4 Å². The first-order valence-corrected chi connectivity index (χ1v) is 9.04. The third kappa shape index (κ3) is 5.30. The molecule has 3 N–H and O–H groups in total. The maximum absolute atomic E-state index is 12.5. The Morgan fingerprint density at radius 2 is 1.93 bits per heavy atom. The fourth-order valence-corrected chi connectivity index (χ4v) is 3.26. The fourth-order valence-electron chi connectivity index (χ4n) is 3.26. The third-order valence-corrected chi connectivity index (χ3v) is 4.82. The average molecular weight is 391 g/mol. The number of halogens is 1. The van der Waals surface area contributed by atoms with Gasteiger partial charge in [0.1, 0.15) is 11.5 Å². The minimum Gasteiger partial charge on any atom is -0.497 e. The Bertz CT molecular complexity index is 789. The van der Waals surface area contributed by atoms with Crippen LogP contribution in [0.2, 0.25) is 0 Å². The van der Waals surface area contributed by atoms with E-state index in [1.807, 2.05) is 31.2 Å². The van der Waals surface area contributed by atoms with Crippen molar-refractivity contribution in [1.29, 1.82) is 0 Å². The molecule has 146 valence electrons. The molecule has 0 radical (unpaired) electrons. The standard InChI is InChI=1S/C21H26N2O3.ClH/c1-14-7-9-16(22)11-19(14)21(24)23-13-15-8-10-18(25-2)12-20(15)26-17-5-3-4-6-17;/h7-12,17H,3-6,13,22H2,1-2H3,(H,23,24);1H. The summed E-state index contributed by atoms with van der Waals surface area (Å²) >= 11 is 0. The maximum Gasteiger partial charge on any atom is 0.251 e. The number of amides is 1. The molecule has 3 rings (SSSR count). The number of rotatable bonds is 6. The number of hydrogen-bond acceptors (Lipinski definition) is 4. The topological polar surface area (TPSA) is 73.6 Å². The summed E-state index contributed by atoms with van der Waals surface area (Å²) in [7, 11) is 1.64. The van der Waals surface area contributed by atoms with Crippen LogP contribution in [0, 0.1) is 6.92 Å². The van der Waals surface area contributed by atoms with E-state index in [1.54, 1.807) is 19.2 Å². The number of nitrogens with two attached hydrogens (primary N) is 1. The van der Waals surface area contributed by atoms with E-state index in [4.69, 9.17) is 15.2 Å². The Morgan fingerprint density at radius 1 is 1.19 bits per heavy atom. The molecule has 6 heteroatoms. The van der Waals surface area contributed by atoms with Crippen LogP contribution in [0.4, 0.5) is 5.69 Å². The van der Waals surface area contributed by atoms with Gasteiger partial charge in [-0.3, -0.25) is 4.79 Å². The molecule has 0 unspecified atom stereocenters. The maximum atomic E-state index is 12.5. The molecule has 0 saturated heterocycles. The number of methoxy groups -OCH3 is 1. The van der Waals surface area contributed by atoms with Gasteiger partial charge in [-0.1, -0.05) is 6.07 Å². The molecule has 0 aromatic heterocycles. The minimum absolute atomic E-state index is 0. The predicted octanol–water partition coefficient (Wildman–Crippen LogP) is 4.26. The molecule has 1 saturated carbocycles. The average Bonchev–Trinajstić information content (AvgIpc) is 3.15. The van der Waals surface area contributed by atoms with Gasteiger partial charge < -0.3 is 20.5 Å². The number of nitrogen functional groups attached to an aromatic ring is 1. The van der Waals surface area contributed by atoms with E-state index in [0.717, 1.165) is 35.5 Å². The van der Waals surface area contributed by atoms with Crippen LogP contribution in [0.1, 0.15) is 47.2 Å². The Kier molecular flexibility index (Phi) is 7.36. The van der Waals surface area contributed by atoms with Crippen LogP contribution in [0.3, 0.4) is 0 Å². The quantitative estimate of drug-likeness (QED) is 0.723. The first-order chi connectivity index (χ1) is 12.6. The van der Waals surface area contributed by atoms with E-state index in [0.29, 0.717) is 17.8 Å². The highest BCUT2D eigenvalue weighted by molar-refractivity contribution is 5.96. The smallest absolute Gasteiger partial charge is 0.251 e. The van der Waals surface area contributed by atoms with Gasteiger partial charge in [0.15, 0.2) is 0 Å². The van der Waals surface area contributed by atoms with Crippen LogP contribution in [0.5, 0.6) is 11.5 Å². The van der Waals surface area contributed by atoms with Crippen molar-refractivity contribution >= 4 is 24.0 Å². The number of anilines is 1. The summed E-state index contributed by atoms with van der Waals surface area (Å²) in [6.07, 6.45) is 4.80. The molecule has 1 fully saturated rings. The minimum atomic E-state index is -0.141. The van der Waals surface area contributed by atoms with Crippen molar-refractivity contribution < 1.29 is 14.3 Å². The predicted molar refractivity (Wildman–Crippen MR) is 110 cm³/mol. The van der Waals surface area contributed by atoms with E-state index < -0.39 is 0 Å². The molecule has 0 atom stereocenters. The highest BCUT2D eigenvalue weighted by Crippen LogP contribution is 2.30. The van der Waals surface area contributed by atoms with Gasteiger partial charge in [0.05, 0.1) is 13.2 Å². The normalized spacial score (nSPS) is 13.7. The molecule has 0 aliphatic heterocycles. The van der Waals surface area contributed by atoms with Gasteiger partial charge in [-0.25, -0.2) is 0 Å². The van der Waals surface area contributed by atoms with Crippen molar-refractivity contribution in [3.8, 4) is 11.5 Å². The van der Waals surface area contributed by atoms with E-state index in [2.05, 4.69) is 5.32 Å². The number of carbonyl (C=O) groups excluding carboxylic acids is 1. The molecule has 0 spiro atoms. The molecule has 2 aromatic carbocycles. The zero-order valence-electron chi connectivity index (χ0n) is 15.8. The van der Waals surface area contributed by atoms with Crippen molar-refractivity contribution in [2.75, 3.05) is 12.8 Å². The van der Waals surface area contributed by atoms with Gasteiger partial charge in [0.2, 0.25) is 0 Å². The summed E-state index contributed by atoms with van der Waals surface area (Å²) in [5.74, 6) is 1.39. The summed E-state index contributed by atoms with van der Waals surface area (Å²) in [5.41, 5.74) is 8.81. The zero-order chi connectivity index (χ0) is 18.5. The van der Waals surface area contributed by atoms with Crippen molar-refractivity contribution in [3.05, 3.63) is 53.1 Å². The lowest BCUT2D eigenvalue weighted by Crippen LogP contribution is -2.24. The van der Waals surface area contributed by atoms with Gasteiger partial charge in [-0.05, 0) is 62.4 Å². The third-order valence-electron chi connectivity index (χ3n) is 4.82. The summed E-state index contributed by atoms with van der Waals surface area (Å²) in [6.45, 7) is 2.29. The van der Waals surface area contributed by atoms with Gasteiger partial charge in [-0.2, -0.15) is 0 Å². The van der Waals surface area contributed by atoms with Crippen molar-refractivity contribution in [1.82, 2.24) is 5.32 Å². The molecular formula is C21H27ClN2O3. The molecule has 27 heavy (non-hydrogen) atoms. The second-order valence-electron chi connectivity index (χ2n) is 6.76. The number of aryl methyl sites for hydroxylation is 1. The highest BCUT2D eigenvalue weighted by Gasteiger charge is 2.19. The van der Waals surface area contributed by atoms with Crippen molar-refractivity contribution in [2.24, 2.45) is 0 Å². The summed E-state index contributed by atoms with van der Waals surface area (Å²) in [6, 6.07) is 11.1. The number of nitrogens with one attached hydrogen (secondary N) is 1. The second-order valence-corrected chi connectivity index (χ2v) is 6.76. The van der Waals surface area contributed by atoms with Crippen LogP contribution in [-0.2, 0) is 6.54 Å². The zero-order valence-corrected chi connectivity index (χ0v) is 16.6.